The number of aromatic nitrogens is 1. The molecule has 1 aliphatic rings. The molecule has 1 fully saturated rings. The molecule has 1 aliphatic heterocycles. The van der Waals surface area contributed by atoms with Crippen molar-refractivity contribution in [2.24, 2.45) is 0 Å². The van der Waals surface area contributed by atoms with Crippen LogP contribution in [0.2, 0.25) is 0 Å². The van der Waals surface area contributed by atoms with E-state index < -0.39 is 10.0 Å². The van der Waals surface area contributed by atoms with Gasteiger partial charge in [-0.3, -0.25) is 19.2 Å². The normalized spacial score (nSPS) is 14.1. The van der Waals surface area contributed by atoms with Crippen molar-refractivity contribution in [2.45, 2.75) is 17.7 Å². The second-order valence-electron chi connectivity index (χ2n) is 6.65. The molecule has 2 heterocycles. The Morgan fingerprint density at radius 3 is 2.07 bits per heavy atom. The summed E-state index contributed by atoms with van der Waals surface area (Å²) in [5.74, 6) is 0.00136. The Morgan fingerprint density at radius 1 is 0.800 bits per heavy atom. The molecule has 1 saturated heterocycles. The van der Waals surface area contributed by atoms with Gasteiger partial charge >= 0.3 is 0 Å². The van der Waals surface area contributed by atoms with Gasteiger partial charge in [0.2, 0.25) is 11.8 Å². The third-order valence-electron chi connectivity index (χ3n) is 4.52. The van der Waals surface area contributed by atoms with Crippen molar-refractivity contribution >= 4 is 44.7 Å². The lowest BCUT2D eigenvalue weighted by Crippen LogP contribution is -2.28. The first-order chi connectivity index (χ1) is 14.4. The van der Waals surface area contributed by atoms with Crippen LogP contribution < -0.4 is 14.9 Å². The van der Waals surface area contributed by atoms with E-state index in [2.05, 4.69) is 15.0 Å². The Morgan fingerprint density at radius 2 is 1.47 bits per heavy atom. The molecule has 0 radical (unpaired) electrons. The number of nitrogens with one attached hydrogen (secondary N) is 2. The van der Waals surface area contributed by atoms with Crippen LogP contribution in [0.15, 0.2) is 77.8 Å². The summed E-state index contributed by atoms with van der Waals surface area (Å²) in [7, 11) is -3.85. The Labute approximate surface area is 173 Å². The van der Waals surface area contributed by atoms with E-state index in [-0.39, 0.29) is 29.6 Å². The van der Waals surface area contributed by atoms with Crippen molar-refractivity contribution in [2.75, 3.05) is 14.9 Å². The number of carbonyl (C=O) groups excluding carboxylic acids is 2. The number of hydrogen-bond acceptors (Lipinski definition) is 6. The van der Waals surface area contributed by atoms with Gasteiger partial charge in [-0.25, -0.2) is 13.4 Å². The maximum atomic E-state index is 12.6. The molecule has 0 saturated carbocycles. The van der Waals surface area contributed by atoms with Gasteiger partial charge in [0, 0.05) is 18.5 Å². The van der Waals surface area contributed by atoms with Gasteiger partial charge in [-0.1, -0.05) is 18.2 Å². The maximum Gasteiger partial charge on any atom is 0.261 e. The Balaban J connectivity index is 1.46. The summed E-state index contributed by atoms with van der Waals surface area (Å²) in [6, 6.07) is 18.4. The molecule has 4 rings (SSSR count). The van der Waals surface area contributed by atoms with Crippen molar-refractivity contribution < 1.29 is 18.0 Å². The number of pyridine rings is 1. The SMILES string of the molecule is O=C1CCC(=O)N1c1ccc(S(=O)(=O)Nc2ccc(Nc3ccccc3)nc2)cc1. The highest BCUT2D eigenvalue weighted by Gasteiger charge is 2.30. The zero-order valence-electron chi connectivity index (χ0n) is 15.8. The van der Waals surface area contributed by atoms with E-state index in [1.54, 1.807) is 12.1 Å². The topological polar surface area (TPSA) is 108 Å². The molecule has 8 nitrogen and oxygen atoms in total. The predicted molar refractivity (Wildman–Crippen MR) is 113 cm³/mol. The number of hydrogen-bond donors (Lipinski definition) is 2. The van der Waals surface area contributed by atoms with E-state index in [0.717, 1.165) is 10.6 Å². The van der Waals surface area contributed by atoms with Crippen molar-refractivity contribution in [3.05, 3.63) is 72.9 Å². The van der Waals surface area contributed by atoms with Gasteiger partial charge in [0.25, 0.3) is 10.0 Å². The molecule has 0 unspecified atom stereocenters. The van der Waals surface area contributed by atoms with Crippen LogP contribution in [-0.4, -0.2) is 25.2 Å². The summed E-state index contributed by atoms with van der Waals surface area (Å²) < 4.78 is 27.7. The van der Waals surface area contributed by atoms with Gasteiger partial charge in [-0.2, -0.15) is 0 Å². The van der Waals surface area contributed by atoms with Gasteiger partial charge in [0.15, 0.2) is 0 Å². The number of benzene rings is 2. The lowest BCUT2D eigenvalue weighted by molar-refractivity contribution is -0.121. The fourth-order valence-electron chi connectivity index (χ4n) is 3.05. The fraction of sp³-hybridized carbons (Fsp3) is 0.0952. The molecular weight excluding hydrogens is 404 g/mol. The fourth-order valence-corrected chi connectivity index (χ4v) is 4.09. The third-order valence-corrected chi connectivity index (χ3v) is 5.92. The first-order valence-corrected chi connectivity index (χ1v) is 10.7. The highest BCUT2D eigenvalue weighted by molar-refractivity contribution is 7.92. The zero-order valence-corrected chi connectivity index (χ0v) is 16.6. The first-order valence-electron chi connectivity index (χ1n) is 9.19. The lowest BCUT2D eigenvalue weighted by atomic mass is 10.3. The summed E-state index contributed by atoms with van der Waals surface area (Å²) in [6.07, 6.45) is 1.75. The van der Waals surface area contributed by atoms with Crippen molar-refractivity contribution in [3.63, 3.8) is 0 Å². The van der Waals surface area contributed by atoms with Crippen molar-refractivity contribution in [1.82, 2.24) is 4.98 Å². The van der Waals surface area contributed by atoms with Gasteiger partial charge in [-0.15, -0.1) is 0 Å². The summed E-state index contributed by atoms with van der Waals surface area (Å²) in [5.41, 5.74) is 1.54. The minimum atomic E-state index is -3.85. The predicted octanol–water partition coefficient (Wildman–Crippen LogP) is 3.28. The molecule has 0 aliphatic carbocycles. The van der Waals surface area contributed by atoms with E-state index in [4.69, 9.17) is 0 Å². The van der Waals surface area contributed by atoms with Crippen LogP contribution in [0.25, 0.3) is 0 Å². The van der Waals surface area contributed by atoms with Crippen molar-refractivity contribution in [1.29, 1.82) is 0 Å². The number of rotatable bonds is 6. The largest absolute Gasteiger partial charge is 0.340 e. The van der Waals surface area contributed by atoms with Crippen LogP contribution in [0.1, 0.15) is 12.8 Å². The number of amides is 2. The average Bonchev–Trinajstić information content (AvgIpc) is 3.08. The molecular formula is C21H18N4O4S. The van der Waals surface area contributed by atoms with E-state index in [0.29, 0.717) is 17.2 Å². The number of para-hydroxylation sites is 1. The second kappa shape index (κ2) is 7.96. The highest BCUT2D eigenvalue weighted by atomic mass is 32.2. The molecule has 152 valence electrons. The van der Waals surface area contributed by atoms with Crippen LogP contribution in [0, 0.1) is 0 Å². The van der Waals surface area contributed by atoms with E-state index >= 15 is 0 Å². The standard InChI is InChI=1S/C21H18N4O4S/c26-20-12-13-21(27)25(20)17-7-9-18(10-8-17)30(28,29)24-16-6-11-19(22-14-16)23-15-4-2-1-3-5-15/h1-11,14,24H,12-13H2,(H,22,23). The third kappa shape index (κ3) is 4.15. The zero-order chi connectivity index (χ0) is 21.1. The second-order valence-corrected chi connectivity index (χ2v) is 8.33. The summed E-state index contributed by atoms with van der Waals surface area (Å²) in [5, 5.41) is 3.12. The Bertz CT molecular complexity index is 1160. The number of anilines is 4. The molecule has 9 heteroatoms. The molecule has 3 aromatic rings. The smallest absolute Gasteiger partial charge is 0.261 e. The van der Waals surface area contributed by atoms with Crippen LogP contribution in [-0.2, 0) is 19.6 Å². The molecule has 0 atom stereocenters. The van der Waals surface area contributed by atoms with E-state index in [1.165, 1.54) is 30.5 Å². The molecule has 1 aromatic heterocycles. The van der Waals surface area contributed by atoms with Gasteiger partial charge in [-0.05, 0) is 48.5 Å². The van der Waals surface area contributed by atoms with Crippen molar-refractivity contribution in [3.8, 4) is 0 Å². The maximum absolute atomic E-state index is 12.6. The number of carbonyl (C=O) groups is 2. The highest BCUT2D eigenvalue weighted by Crippen LogP contribution is 2.25. The average molecular weight is 422 g/mol. The van der Waals surface area contributed by atoms with E-state index in [1.807, 2.05) is 30.3 Å². The number of imide groups is 1. The quantitative estimate of drug-likeness (QED) is 0.590. The van der Waals surface area contributed by atoms with Crippen LogP contribution >= 0.6 is 0 Å². The van der Waals surface area contributed by atoms with Crippen LogP contribution in [0.5, 0.6) is 0 Å². The first kappa shape index (κ1) is 19.6. The summed E-state index contributed by atoms with van der Waals surface area (Å²) in [6.45, 7) is 0. The minimum absolute atomic E-state index is 0.0110. The molecule has 30 heavy (non-hydrogen) atoms. The molecule has 2 amide bonds. The lowest BCUT2D eigenvalue weighted by Gasteiger charge is -2.14. The number of sulfonamides is 1. The molecule has 2 N–H and O–H groups in total. The number of nitrogens with zero attached hydrogens (tertiary/aromatic N) is 2. The van der Waals surface area contributed by atoms with E-state index in [9.17, 15) is 18.0 Å². The van der Waals surface area contributed by atoms with Gasteiger partial charge < -0.3 is 5.32 Å². The minimum Gasteiger partial charge on any atom is -0.340 e. The Kier molecular flexibility index (Phi) is 5.20. The summed E-state index contributed by atoms with van der Waals surface area (Å²) in [4.78, 5) is 28.9. The van der Waals surface area contributed by atoms with Crippen LogP contribution in [0.4, 0.5) is 22.9 Å². The monoisotopic (exact) mass is 422 g/mol. The molecule has 0 spiro atoms. The van der Waals surface area contributed by atoms with Gasteiger partial charge in [0.05, 0.1) is 22.5 Å². The molecule has 0 bridgehead atoms. The van der Waals surface area contributed by atoms with Crippen LogP contribution in [0.3, 0.4) is 0 Å². The van der Waals surface area contributed by atoms with Gasteiger partial charge in [0.1, 0.15) is 5.82 Å². The summed E-state index contributed by atoms with van der Waals surface area (Å²) >= 11 is 0. The molecule has 2 aromatic carbocycles. The Hall–Kier alpha value is -3.72.